The van der Waals surface area contributed by atoms with Crippen LogP contribution in [-0.2, 0) is 0 Å². The molecule has 0 spiro atoms. The molecule has 1 atom stereocenters. The molecule has 0 saturated heterocycles. The number of hydrogen-bond donors (Lipinski definition) is 0. The van der Waals surface area contributed by atoms with E-state index in [1.807, 2.05) is 0 Å². The van der Waals surface area contributed by atoms with Gasteiger partial charge in [0, 0.05) is 4.47 Å². The molecule has 0 radical (unpaired) electrons. The van der Waals surface area contributed by atoms with Gasteiger partial charge in [-0.1, -0.05) is 53.7 Å². The van der Waals surface area contributed by atoms with Crippen LogP contribution in [0.4, 0.5) is 0 Å². The van der Waals surface area contributed by atoms with E-state index >= 15 is 0 Å². The number of benzene rings is 1. The van der Waals surface area contributed by atoms with Gasteiger partial charge in [0.1, 0.15) is 0 Å². The Kier molecular flexibility index (Phi) is 4.72. The molecule has 1 unspecified atom stereocenters. The molecule has 1 aromatic rings. The molecular formula is C14H18BrCl. The number of halogens is 2. The van der Waals surface area contributed by atoms with Crippen LogP contribution in [0.5, 0.6) is 0 Å². The van der Waals surface area contributed by atoms with Crippen LogP contribution in [0.25, 0.3) is 0 Å². The third-order valence-corrected chi connectivity index (χ3v) is 4.64. The summed E-state index contributed by atoms with van der Waals surface area (Å²) in [6.07, 6.45) is 8.07. The summed E-state index contributed by atoms with van der Waals surface area (Å²) in [6, 6.07) is 8.46. The summed E-state index contributed by atoms with van der Waals surface area (Å²) in [5.41, 5.74) is 1.27. The minimum Gasteiger partial charge on any atom is -0.118 e. The van der Waals surface area contributed by atoms with Gasteiger partial charge in [0.15, 0.2) is 0 Å². The normalized spacial score (nSPS) is 20.4. The predicted octanol–water partition coefficient (Wildman–Crippen LogP) is 5.70. The maximum Gasteiger partial charge on any atom is 0.0613 e. The van der Waals surface area contributed by atoms with Gasteiger partial charge in [-0.15, -0.1) is 11.6 Å². The van der Waals surface area contributed by atoms with E-state index in [0.29, 0.717) is 5.92 Å². The second kappa shape index (κ2) is 6.07. The molecule has 1 saturated carbocycles. The van der Waals surface area contributed by atoms with E-state index in [4.69, 9.17) is 11.6 Å². The fourth-order valence-electron chi connectivity index (χ4n) is 2.52. The topological polar surface area (TPSA) is 0 Å². The van der Waals surface area contributed by atoms with Gasteiger partial charge in [-0.2, -0.15) is 0 Å². The van der Waals surface area contributed by atoms with E-state index in [9.17, 15) is 0 Å². The lowest BCUT2D eigenvalue weighted by atomic mass is 9.92. The number of hydrogen-bond acceptors (Lipinski definition) is 0. The highest BCUT2D eigenvalue weighted by molar-refractivity contribution is 9.10. The van der Waals surface area contributed by atoms with Gasteiger partial charge in [-0.25, -0.2) is 0 Å². The monoisotopic (exact) mass is 300 g/mol. The number of alkyl halides is 1. The smallest absolute Gasteiger partial charge is 0.0613 e. The van der Waals surface area contributed by atoms with Crippen LogP contribution >= 0.6 is 27.5 Å². The Labute approximate surface area is 112 Å². The zero-order valence-corrected chi connectivity index (χ0v) is 11.8. The molecule has 1 aliphatic carbocycles. The molecular weight excluding hydrogens is 284 g/mol. The molecule has 0 nitrogen and oxygen atoms in total. The molecule has 0 heterocycles. The van der Waals surface area contributed by atoms with Crippen LogP contribution < -0.4 is 0 Å². The molecule has 1 fully saturated rings. The van der Waals surface area contributed by atoms with Gasteiger partial charge in [0.2, 0.25) is 0 Å². The van der Waals surface area contributed by atoms with Crippen molar-refractivity contribution in [2.45, 2.75) is 43.9 Å². The molecule has 88 valence electrons. The molecule has 16 heavy (non-hydrogen) atoms. The summed E-state index contributed by atoms with van der Waals surface area (Å²) in [5.74, 6) is 0.672. The van der Waals surface area contributed by atoms with E-state index in [2.05, 4.69) is 40.2 Å². The second-order valence-corrected chi connectivity index (χ2v) is 6.09. The Morgan fingerprint density at radius 2 is 1.56 bits per heavy atom. The fraction of sp³-hybridized carbons (Fsp3) is 0.571. The van der Waals surface area contributed by atoms with Gasteiger partial charge in [0.05, 0.1) is 5.38 Å². The van der Waals surface area contributed by atoms with E-state index in [1.54, 1.807) is 0 Å². The van der Waals surface area contributed by atoms with Crippen molar-refractivity contribution in [3.63, 3.8) is 0 Å². The molecule has 0 aliphatic heterocycles. The van der Waals surface area contributed by atoms with Crippen molar-refractivity contribution in [3.8, 4) is 0 Å². The van der Waals surface area contributed by atoms with Gasteiger partial charge in [-0.05, 0) is 36.5 Å². The molecule has 0 bridgehead atoms. The highest BCUT2D eigenvalue weighted by atomic mass is 79.9. The molecule has 0 aromatic heterocycles. The van der Waals surface area contributed by atoms with Crippen molar-refractivity contribution < 1.29 is 0 Å². The average molecular weight is 302 g/mol. The lowest BCUT2D eigenvalue weighted by Crippen LogP contribution is -2.07. The minimum atomic E-state index is 0.200. The molecule has 0 amide bonds. The highest BCUT2D eigenvalue weighted by Crippen LogP contribution is 2.38. The lowest BCUT2D eigenvalue weighted by Gasteiger charge is -2.20. The second-order valence-electron chi connectivity index (χ2n) is 4.70. The van der Waals surface area contributed by atoms with E-state index in [-0.39, 0.29) is 5.38 Å². The third kappa shape index (κ3) is 3.24. The third-order valence-electron chi connectivity index (χ3n) is 3.50. The quantitative estimate of drug-likeness (QED) is 0.485. The van der Waals surface area contributed by atoms with Crippen LogP contribution in [0.2, 0.25) is 0 Å². The van der Waals surface area contributed by atoms with Crippen LogP contribution in [0.1, 0.15) is 49.5 Å². The molecule has 2 heteroatoms. The van der Waals surface area contributed by atoms with Crippen molar-refractivity contribution in [2.75, 3.05) is 0 Å². The van der Waals surface area contributed by atoms with Crippen molar-refractivity contribution in [1.82, 2.24) is 0 Å². The van der Waals surface area contributed by atoms with Gasteiger partial charge in [-0.3, -0.25) is 0 Å². The van der Waals surface area contributed by atoms with Crippen LogP contribution in [-0.4, -0.2) is 0 Å². The van der Waals surface area contributed by atoms with Gasteiger partial charge in [0.25, 0.3) is 0 Å². The first-order chi connectivity index (χ1) is 7.77. The molecule has 1 aromatic carbocycles. The zero-order chi connectivity index (χ0) is 11.4. The average Bonchev–Trinajstić information content (AvgIpc) is 2.57. The highest BCUT2D eigenvalue weighted by Gasteiger charge is 2.21. The van der Waals surface area contributed by atoms with Crippen molar-refractivity contribution in [3.05, 3.63) is 34.3 Å². The fourth-order valence-corrected chi connectivity index (χ4v) is 3.18. The Morgan fingerprint density at radius 3 is 2.12 bits per heavy atom. The maximum absolute atomic E-state index is 6.59. The lowest BCUT2D eigenvalue weighted by molar-refractivity contribution is 0.445. The van der Waals surface area contributed by atoms with Crippen molar-refractivity contribution >= 4 is 27.5 Å². The summed E-state index contributed by atoms with van der Waals surface area (Å²) < 4.78 is 1.13. The summed E-state index contributed by atoms with van der Waals surface area (Å²) >= 11 is 10.1. The maximum atomic E-state index is 6.59. The first kappa shape index (κ1) is 12.4. The van der Waals surface area contributed by atoms with Gasteiger partial charge < -0.3 is 0 Å². The van der Waals surface area contributed by atoms with Crippen molar-refractivity contribution in [2.24, 2.45) is 5.92 Å². The molecule has 1 aliphatic rings. The Bertz CT molecular complexity index is 312. The van der Waals surface area contributed by atoms with Crippen LogP contribution in [0, 0.1) is 5.92 Å². The van der Waals surface area contributed by atoms with E-state index < -0.39 is 0 Å². The minimum absolute atomic E-state index is 0.200. The van der Waals surface area contributed by atoms with E-state index in [1.165, 1.54) is 44.1 Å². The predicted molar refractivity (Wildman–Crippen MR) is 73.9 cm³/mol. The Balaban J connectivity index is 2.04. The van der Waals surface area contributed by atoms with E-state index in [0.717, 1.165) is 4.47 Å². The first-order valence-electron chi connectivity index (χ1n) is 6.17. The Morgan fingerprint density at radius 1 is 1.00 bits per heavy atom. The molecule has 2 rings (SSSR count). The summed E-state index contributed by atoms with van der Waals surface area (Å²) in [4.78, 5) is 0. The summed E-state index contributed by atoms with van der Waals surface area (Å²) in [5, 5.41) is 0.200. The zero-order valence-electron chi connectivity index (χ0n) is 9.46. The van der Waals surface area contributed by atoms with Gasteiger partial charge >= 0.3 is 0 Å². The SMILES string of the molecule is ClC(c1ccc(Br)cc1)C1CCCCCC1. The van der Waals surface area contributed by atoms with Crippen LogP contribution in [0.3, 0.4) is 0 Å². The van der Waals surface area contributed by atoms with Crippen molar-refractivity contribution in [1.29, 1.82) is 0 Å². The first-order valence-corrected chi connectivity index (χ1v) is 7.40. The largest absolute Gasteiger partial charge is 0.118 e. The van der Waals surface area contributed by atoms with Crippen LogP contribution in [0.15, 0.2) is 28.7 Å². The number of rotatable bonds is 2. The molecule has 0 N–H and O–H groups in total. The summed E-state index contributed by atoms with van der Waals surface area (Å²) in [6.45, 7) is 0. The standard InChI is InChI=1S/C14H18BrCl/c15-13-9-7-12(8-10-13)14(16)11-5-3-1-2-4-6-11/h7-11,14H,1-6H2. The Hall–Kier alpha value is -0.0100. The summed E-state index contributed by atoms with van der Waals surface area (Å²) in [7, 11) is 0.